The van der Waals surface area contributed by atoms with Gasteiger partial charge in [0.15, 0.2) is 0 Å². The van der Waals surface area contributed by atoms with Crippen molar-refractivity contribution < 1.29 is 13.9 Å². The minimum absolute atomic E-state index is 0.265. The first-order valence-corrected chi connectivity index (χ1v) is 10.3. The second-order valence-corrected chi connectivity index (χ2v) is 8.11. The molecule has 1 N–H and O–H groups in total. The number of H-pyrrole nitrogens is 1. The molecule has 1 amide bonds. The van der Waals surface area contributed by atoms with Gasteiger partial charge in [-0.05, 0) is 19.1 Å². The Morgan fingerprint density at radius 1 is 1.27 bits per heavy atom. The molecule has 0 atom stereocenters. The van der Waals surface area contributed by atoms with Crippen molar-refractivity contribution in [3.05, 3.63) is 30.4 Å². The number of anilines is 1. The monoisotopic (exact) mass is 412 g/mol. The van der Waals surface area contributed by atoms with E-state index >= 15 is 0 Å². The molecule has 2 aliphatic rings. The molecule has 9 heteroatoms. The summed E-state index contributed by atoms with van der Waals surface area (Å²) < 4.78 is 20.3. The Morgan fingerprint density at radius 2 is 2.03 bits per heavy atom. The average molecular weight is 412 g/mol. The highest BCUT2D eigenvalue weighted by Crippen LogP contribution is 2.31. The minimum Gasteiger partial charge on any atom is -0.446 e. The van der Waals surface area contributed by atoms with Gasteiger partial charge in [0.05, 0.1) is 5.69 Å². The number of carbonyl (C=O) groups excluding carboxylic acids is 1. The van der Waals surface area contributed by atoms with Crippen molar-refractivity contribution in [2.45, 2.75) is 32.0 Å². The molecular weight excluding hydrogens is 387 g/mol. The Balaban J connectivity index is 1.30. The number of rotatable bonds is 3. The molecule has 0 unspecified atom stereocenters. The summed E-state index contributed by atoms with van der Waals surface area (Å²) in [6.07, 6.45) is 3.03. The molecule has 3 aromatic rings. The zero-order valence-corrected chi connectivity index (χ0v) is 17.1. The maximum Gasteiger partial charge on any atom is 0.410 e. The lowest BCUT2D eigenvalue weighted by atomic mass is 9.94. The van der Waals surface area contributed by atoms with Crippen LogP contribution in [0, 0.1) is 6.92 Å². The molecule has 1 aliphatic carbocycles. The van der Waals surface area contributed by atoms with E-state index in [-0.39, 0.29) is 12.2 Å². The van der Waals surface area contributed by atoms with Crippen LogP contribution >= 0.6 is 0 Å². The van der Waals surface area contributed by atoms with Gasteiger partial charge in [-0.3, -0.25) is 0 Å². The standard InChI is InChI=1S/C21H25FN6O2/c1-13-24-18(12-26(13)2)17-11-16-19(3-4-23-20(16)25-17)27-5-7-28(8-6-27)21(29)30-15-9-14(22)10-15/h3-4,11-12,14-15H,5-10H2,1-2H3,(H,23,25)/t14-,15-. The van der Waals surface area contributed by atoms with E-state index in [9.17, 15) is 9.18 Å². The predicted molar refractivity (Wildman–Crippen MR) is 111 cm³/mol. The van der Waals surface area contributed by atoms with E-state index < -0.39 is 6.17 Å². The molecule has 30 heavy (non-hydrogen) atoms. The van der Waals surface area contributed by atoms with E-state index in [2.05, 4.69) is 25.9 Å². The molecule has 1 saturated carbocycles. The Kier molecular flexibility index (Phi) is 4.60. The van der Waals surface area contributed by atoms with E-state index in [1.54, 1.807) is 11.1 Å². The van der Waals surface area contributed by atoms with Crippen LogP contribution in [0.5, 0.6) is 0 Å². The highest BCUT2D eigenvalue weighted by Gasteiger charge is 2.34. The van der Waals surface area contributed by atoms with Gasteiger partial charge in [0.2, 0.25) is 0 Å². The van der Waals surface area contributed by atoms with Crippen LogP contribution in [0.15, 0.2) is 24.5 Å². The molecule has 8 nitrogen and oxygen atoms in total. The van der Waals surface area contributed by atoms with Crippen molar-refractivity contribution in [3.8, 4) is 11.4 Å². The summed E-state index contributed by atoms with van der Waals surface area (Å²) >= 11 is 0. The van der Waals surface area contributed by atoms with E-state index in [0.29, 0.717) is 39.0 Å². The largest absolute Gasteiger partial charge is 0.446 e. The highest BCUT2D eigenvalue weighted by atomic mass is 19.1. The molecule has 5 rings (SSSR count). The lowest BCUT2D eigenvalue weighted by Gasteiger charge is -2.37. The van der Waals surface area contributed by atoms with Gasteiger partial charge in [0, 0.05) is 69.5 Å². The number of nitrogens with one attached hydrogen (secondary N) is 1. The summed E-state index contributed by atoms with van der Waals surface area (Å²) in [6, 6.07) is 4.09. The van der Waals surface area contributed by atoms with Crippen LogP contribution in [0.4, 0.5) is 14.9 Å². The summed E-state index contributed by atoms with van der Waals surface area (Å²) in [5.41, 5.74) is 3.72. The van der Waals surface area contributed by atoms with Gasteiger partial charge in [-0.1, -0.05) is 0 Å². The number of halogens is 1. The number of amides is 1. The SMILES string of the molecule is Cc1nc(-c2cc3c(N4CCN(C(=O)O[C@H]5C[C@H](F)C5)CC4)ccnc3[nH]2)cn1C. The lowest BCUT2D eigenvalue weighted by Crippen LogP contribution is -2.50. The molecule has 1 aliphatic heterocycles. The molecule has 4 heterocycles. The predicted octanol–water partition coefficient (Wildman–Crippen LogP) is 3.03. The van der Waals surface area contributed by atoms with Gasteiger partial charge < -0.3 is 24.1 Å². The third-order valence-electron chi connectivity index (χ3n) is 6.08. The third kappa shape index (κ3) is 3.38. The number of pyridine rings is 1. The van der Waals surface area contributed by atoms with Gasteiger partial charge in [-0.25, -0.2) is 19.2 Å². The first kappa shape index (κ1) is 18.9. The maximum absolute atomic E-state index is 12.9. The molecule has 0 radical (unpaired) electrons. The number of piperazine rings is 1. The number of hydrogen-bond acceptors (Lipinski definition) is 5. The molecule has 0 aromatic carbocycles. The van der Waals surface area contributed by atoms with Gasteiger partial charge in [-0.2, -0.15) is 0 Å². The number of ether oxygens (including phenoxy) is 1. The molecule has 3 aromatic heterocycles. The van der Waals surface area contributed by atoms with E-state index in [1.807, 2.05) is 30.8 Å². The number of imidazole rings is 1. The Labute approximate surface area is 173 Å². The summed E-state index contributed by atoms with van der Waals surface area (Å²) in [7, 11) is 1.98. The van der Waals surface area contributed by atoms with Crippen molar-refractivity contribution in [2.24, 2.45) is 7.05 Å². The van der Waals surface area contributed by atoms with E-state index in [0.717, 1.165) is 33.9 Å². The molecular formula is C21H25FN6O2. The van der Waals surface area contributed by atoms with Crippen LogP contribution in [0.25, 0.3) is 22.4 Å². The Morgan fingerprint density at radius 3 is 2.70 bits per heavy atom. The summed E-state index contributed by atoms with van der Waals surface area (Å²) in [5, 5.41) is 1.04. The number of nitrogens with zero attached hydrogens (tertiary/aromatic N) is 5. The zero-order chi connectivity index (χ0) is 20.8. The Hall–Kier alpha value is -3.10. The summed E-state index contributed by atoms with van der Waals surface area (Å²) in [6.45, 7) is 4.53. The van der Waals surface area contributed by atoms with Gasteiger partial charge in [-0.15, -0.1) is 0 Å². The lowest BCUT2D eigenvalue weighted by molar-refractivity contribution is -0.0132. The first-order valence-electron chi connectivity index (χ1n) is 10.3. The van der Waals surface area contributed by atoms with Crippen LogP contribution in [0.1, 0.15) is 18.7 Å². The number of hydrogen-bond donors (Lipinski definition) is 1. The second-order valence-electron chi connectivity index (χ2n) is 8.11. The second kappa shape index (κ2) is 7.30. The van der Waals surface area contributed by atoms with Crippen molar-refractivity contribution in [1.82, 2.24) is 24.4 Å². The molecule has 2 fully saturated rings. The third-order valence-corrected chi connectivity index (χ3v) is 6.08. The normalized spacial score (nSPS) is 21.7. The van der Waals surface area contributed by atoms with Gasteiger partial charge >= 0.3 is 6.09 Å². The van der Waals surface area contributed by atoms with E-state index in [4.69, 9.17) is 4.74 Å². The fourth-order valence-corrected chi connectivity index (χ4v) is 4.06. The summed E-state index contributed by atoms with van der Waals surface area (Å²) in [4.78, 5) is 28.7. The van der Waals surface area contributed by atoms with Crippen LogP contribution in [0.2, 0.25) is 0 Å². The molecule has 0 bridgehead atoms. The van der Waals surface area contributed by atoms with E-state index in [1.165, 1.54) is 0 Å². The number of alkyl halides is 1. The number of aryl methyl sites for hydroxylation is 2. The Bertz CT molecular complexity index is 1060. The average Bonchev–Trinajstić information content (AvgIpc) is 3.30. The first-order chi connectivity index (χ1) is 14.5. The van der Waals surface area contributed by atoms with Gasteiger partial charge in [0.1, 0.15) is 29.4 Å². The molecule has 1 saturated heterocycles. The van der Waals surface area contributed by atoms with Crippen LogP contribution in [-0.4, -0.2) is 69.0 Å². The van der Waals surface area contributed by atoms with Gasteiger partial charge in [0.25, 0.3) is 0 Å². The van der Waals surface area contributed by atoms with Crippen molar-refractivity contribution >= 4 is 22.8 Å². The minimum atomic E-state index is -0.824. The zero-order valence-electron chi connectivity index (χ0n) is 17.1. The number of carbonyl (C=O) groups is 1. The van der Waals surface area contributed by atoms with Crippen LogP contribution in [-0.2, 0) is 11.8 Å². The topological polar surface area (TPSA) is 79.3 Å². The molecule has 158 valence electrons. The van der Waals surface area contributed by atoms with Crippen LogP contribution in [0.3, 0.4) is 0 Å². The van der Waals surface area contributed by atoms with Crippen molar-refractivity contribution in [1.29, 1.82) is 0 Å². The fraction of sp³-hybridized carbons (Fsp3) is 0.476. The van der Waals surface area contributed by atoms with Crippen molar-refractivity contribution in [2.75, 3.05) is 31.1 Å². The smallest absolute Gasteiger partial charge is 0.410 e. The quantitative estimate of drug-likeness (QED) is 0.715. The van der Waals surface area contributed by atoms with Crippen molar-refractivity contribution in [3.63, 3.8) is 0 Å². The number of aromatic nitrogens is 4. The number of aromatic amines is 1. The fourth-order valence-electron chi connectivity index (χ4n) is 4.06. The highest BCUT2D eigenvalue weighted by molar-refractivity contribution is 5.93. The molecule has 0 spiro atoms. The van der Waals surface area contributed by atoms with Crippen LogP contribution < -0.4 is 4.90 Å². The number of fused-ring (bicyclic) bond motifs is 1. The maximum atomic E-state index is 12.9. The summed E-state index contributed by atoms with van der Waals surface area (Å²) in [5.74, 6) is 0.948.